The molecule has 0 unspecified atom stereocenters. The van der Waals surface area contributed by atoms with Crippen molar-refractivity contribution in [3.8, 4) is 0 Å². The molecule has 3 aromatic carbocycles. The molecule has 0 aromatic heterocycles. The van der Waals surface area contributed by atoms with Crippen molar-refractivity contribution >= 4 is 15.9 Å². The molecule has 0 N–H and O–H groups in total. The third-order valence-corrected chi connectivity index (χ3v) is 6.41. The van der Waals surface area contributed by atoms with E-state index in [-0.39, 0.29) is 6.10 Å². The van der Waals surface area contributed by atoms with Crippen LogP contribution in [0.1, 0.15) is 16.7 Å². The van der Waals surface area contributed by atoms with Crippen LogP contribution in [-0.2, 0) is 43.5 Å². The van der Waals surface area contributed by atoms with E-state index in [1.54, 1.807) is 7.11 Å². The predicted molar refractivity (Wildman–Crippen MR) is 144 cm³/mol. The van der Waals surface area contributed by atoms with Gasteiger partial charge in [-0.3, -0.25) is 0 Å². The fraction of sp³-hybridized carbons (Fsp3) is 0.333. The molecule has 1 aliphatic heterocycles. The van der Waals surface area contributed by atoms with Gasteiger partial charge in [0.1, 0.15) is 24.4 Å². The molecule has 5 nitrogen and oxygen atoms in total. The molecule has 1 aliphatic rings. The number of hydrogen-bond donors (Lipinski definition) is 0. The molecular formula is C30H33BrO5. The van der Waals surface area contributed by atoms with Gasteiger partial charge >= 0.3 is 0 Å². The molecule has 0 saturated carbocycles. The summed E-state index contributed by atoms with van der Waals surface area (Å²) in [7, 11) is 1.63. The molecule has 0 radical (unpaired) electrons. The number of ether oxygens (including phenoxy) is 5. The summed E-state index contributed by atoms with van der Waals surface area (Å²) in [6.07, 6.45) is 1.70. The van der Waals surface area contributed by atoms with Gasteiger partial charge in [0, 0.05) is 12.4 Å². The zero-order chi connectivity index (χ0) is 25.0. The SMILES string of the molecule is CO[C@@H]1O[C@H](/C=C/CBr)[C@H](OCc2ccccc2)[C@H](OCc2ccccc2)[C@H]1OCc1ccccc1. The van der Waals surface area contributed by atoms with Crippen molar-refractivity contribution in [2.24, 2.45) is 0 Å². The Morgan fingerprint density at radius 1 is 0.667 bits per heavy atom. The highest BCUT2D eigenvalue weighted by Gasteiger charge is 2.47. The van der Waals surface area contributed by atoms with Crippen LogP contribution in [0.4, 0.5) is 0 Å². The van der Waals surface area contributed by atoms with Gasteiger partial charge in [0.25, 0.3) is 0 Å². The van der Waals surface area contributed by atoms with Gasteiger partial charge in [-0.05, 0) is 16.7 Å². The minimum Gasteiger partial charge on any atom is -0.368 e. The molecule has 6 heteroatoms. The van der Waals surface area contributed by atoms with E-state index in [4.69, 9.17) is 23.7 Å². The van der Waals surface area contributed by atoms with E-state index in [2.05, 4.69) is 28.1 Å². The van der Waals surface area contributed by atoms with E-state index in [0.717, 1.165) is 16.7 Å². The van der Waals surface area contributed by atoms with E-state index in [1.165, 1.54) is 0 Å². The second-order valence-corrected chi connectivity index (χ2v) is 9.22. The maximum absolute atomic E-state index is 6.56. The largest absolute Gasteiger partial charge is 0.368 e. The Morgan fingerprint density at radius 3 is 1.56 bits per heavy atom. The summed E-state index contributed by atoms with van der Waals surface area (Å²) in [4.78, 5) is 0. The predicted octanol–water partition coefficient (Wildman–Crippen LogP) is 6.07. The molecule has 3 aromatic rings. The van der Waals surface area contributed by atoms with Crippen LogP contribution in [0, 0.1) is 0 Å². The molecule has 1 heterocycles. The van der Waals surface area contributed by atoms with E-state index in [1.807, 2.05) is 91.0 Å². The third-order valence-electron chi connectivity index (χ3n) is 6.03. The lowest BCUT2D eigenvalue weighted by molar-refractivity contribution is -0.309. The Labute approximate surface area is 222 Å². The van der Waals surface area contributed by atoms with Crippen molar-refractivity contribution in [3.63, 3.8) is 0 Å². The van der Waals surface area contributed by atoms with E-state index >= 15 is 0 Å². The average Bonchev–Trinajstić information content (AvgIpc) is 2.94. The molecule has 4 rings (SSSR count). The zero-order valence-corrected chi connectivity index (χ0v) is 22.0. The fourth-order valence-electron chi connectivity index (χ4n) is 4.22. The summed E-state index contributed by atoms with van der Waals surface area (Å²) in [6.45, 7) is 1.27. The minimum atomic E-state index is -0.615. The van der Waals surface area contributed by atoms with Crippen molar-refractivity contribution in [2.75, 3.05) is 12.4 Å². The van der Waals surface area contributed by atoms with Crippen LogP contribution in [-0.4, -0.2) is 43.1 Å². The van der Waals surface area contributed by atoms with Crippen LogP contribution in [0.15, 0.2) is 103 Å². The molecule has 1 fully saturated rings. The Morgan fingerprint density at radius 2 is 1.11 bits per heavy atom. The average molecular weight is 553 g/mol. The molecule has 0 amide bonds. The van der Waals surface area contributed by atoms with Crippen molar-refractivity contribution in [3.05, 3.63) is 120 Å². The number of alkyl halides is 1. The Kier molecular flexibility index (Phi) is 10.7. The summed E-state index contributed by atoms with van der Waals surface area (Å²) in [5.41, 5.74) is 3.23. The highest BCUT2D eigenvalue weighted by Crippen LogP contribution is 2.31. The van der Waals surface area contributed by atoms with E-state index < -0.39 is 24.6 Å². The highest BCUT2D eigenvalue weighted by atomic mass is 79.9. The summed E-state index contributed by atoms with van der Waals surface area (Å²) >= 11 is 3.47. The quantitative estimate of drug-likeness (QED) is 0.202. The smallest absolute Gasteiger partial charge is 0.186 e. The number of allylic oxidation sites excluding steroid dienone is 1. The van der Waals surface area contributed by atoms with Gasteiger partial charge in [0.2, 0.25) is 0 Å². The number of halogens is 1. The molecule has 36 heavy (non-hydrogen) atoms. The second kappa shape index (κ2) is 14.4. The number of hydrogen-bond acceptors (Lipinski definition) is 5. The lowest BCUT2D eigenvalue weighted by Gasteiger charge is -2.45. The first-order valence-corrected chi connectivity index (χ1v) is 13.3. The van der Waals surface area contributed by atoms with Crippen LogP contribution >= 0.6 is 15.9 Å². The van der Waals surface area contributed by atoms with Crippen molar-refractivity contribution in [1.82, 2.24) is 0 Å². The van der Waals surface area contributed by atoms with Gasteiger partial charge in [-0.25, -0.2) is 0 Å². The van der Waals surface area contributed by atoms with Crippen molar-refractivity contribution in [2.45, 2.75) is 50.5 Å². The molecular weight excluding hydrogens is 520 g/mol. The Bertz CT molecular complexity index is 1030. The Balaban J connectivity index is 1.60. The molecule has 0 aliphatic carbocycles. The van der Waals surface area contributed by atoms with Gasteiger partial charge in [-0.2, -0.15) is 0 Å². The molecule has 0 bridgehead atoms. The zero-order valence-electron chi connectivity index (χ0n) is 20.4. The van der Waals surface area contributed by atoms with Crippen molar-refractivity contribution in [1.29, 1.82) is 0 Å². The topological polar surface area (TPSA) is 46.2 Å². The van der Waals surface area contributed by atoms with E-state index in [9.17, 15) is 0 Å². The van der Waals surface area contributed by atoms with Gasteiger partial charge < -0.3 is 23.7 Å². The summed E-state index contributed by atoms with van der Waals surface area (Å²) in [6, 6.07) is 30.3. The van der Waals surface area contributed by atoms with Crippen LogP contribution < -0.4 is 0 Å². The van der Waals surface area contributed by atoms with Gasteiger partial charge in [0.15, 0.2) is 6.29 Å². The standard InChI is InChI=1S/C30H33BrO5/c1-32-30-29(35-22-25-16-9-4-10-17-25)28(34-21-24-14-7-3-8-15-24)27(26(36-30)18-11-19-31)33-20-23-12-5-2-6-13-23/h2-18,26-30H,19-22H2,1H3/b18-11+/t26-,27+,28+,29-,30-/m1/s1. The monoisotopic (exact) mass is 552 g/mol. The van der Waals surface area contributed by atoms with Crippen LogP contribution in [0.2, 0.25) is 0 Å². The fourth-order valence-corrected chi connectivity index (χ4v) is 4.44. The van der Waals surface area contributed by atoms with Gasteiger partial charge in [-0.1, -0.05) is 119 Å². The maximum Gasteiger partial charge on any atom is 0.186 e. The normalized spacial score (nSPS) is 24.2. The van der Waals surface area contributed by atoms with E-state index in [0.29, 0.717) is 25.2 Å². The first kappa shape index (κ1) is 26.7. The summed E-state index contributed by atoms with van der Waals surface area (Å²) in [5, 5.41) is 0.708. The summed E-state index contributed by atoms with van der Waals surface area (Å²) in [5.74, 6) is 0. The lowest BCUT2D eigenvalue weighted by atomic mass is 9.97. The highest BCUT2D eigenvalue weighted by molar-refractivity contribution is 9.09. The minimum absolute atomic E-state index is 0.367. The number of rotatable bonds is 12. The first-order valence-electron chi connectivity index (χ1n) is 12.2. The van der Waals surface area contributed by atoms with Crippen LogP contribution in [0.5, 0.6) is 0 Å². The van der Waals surface area contributed by atoms with Gasteiger partial charge in [-0.15, -0.1) is 0 Å². The maximum atomic E-state index is 6.56. The second-order valence-electron chi connectivity index (χ2n) is 8.57. The number of methoxy groups -OCH3 is 1. The third kappa shape index (κ3) is 7.59. The van der Waals surface area contributed by atoms with Crippen molar-refractivity contribution < 1.29 is 23.7 Å². The first-order chi connectivity index (χ1) is 17.8. The molecule has 190 valence electrons. The summed E-state index contributed by atoms with van der Waals surface area (Å²) < 4.78 is 31.6. The van der Waals surface area contributed by atoms with Crippen LogP contribution in [0.25, 0.3) is 0 Å². The van der Waals surface area contributed by atoms with Crippen LogP contribution in [0.3, 0.4) is 0 Å². The van der Waals surface area contributed by atoms with Gasteiger partial charge in [0.05, 0.1) is 19.8 Å². The lowest BCUT2D eigenvalue weighted by Crippen LogP contribution is -2.60. The Hall–Kier alpha value is -2.32. The molecule has 0 spiro atoms. The molecule has 5 atom stereocenters. The molecule has 1 saturated heterocycles. The number of benzene rings is 3.